The second-order valence-electron chi connectivity index (χ2n) is 8.35. The van der Waals surface area contributed by atoms with E-state index in [1.54, 1.807) is 27.2 Å². The Morgan fingerprint density at radius 1 is 1.31 bits per heavy atom. The highest BCUT2D eigenvalue weighted by molar-refractivity contribution is 6.03. The monoisotopic (exact) mass is 449 g/mol. The summed E-state index contributed by atoms with van der Waals surface area (Å²) >= 11 is 0. The zero-order valence-corrected chi connectivity index (χ0v) is 19.2. The van der Waals surface area contributed by atoms with Gasteiger partial charge in [0.2, 0.25) is 5.91 Å². The van der Waals surface area contributed by atoms with E-state index in [1.807, 2.05) is 4.90 Å². The Hall–Kier alpha value is -2.52. The van der Waals surface area contributed by atoms with Crippen molar-refractivity contribution in [2.75, 3.05) is 39.3 Å². The molecule has 0 saturated carbocycles. The number of likely N-dealkylation sites (N-methyl/N-ethyl adjacent to an activating group) is 1. The molecule has 32 heavy (non-hydrogen) atoms. The predicted molar refractivity (Wildman–Crippen MR) is 117 cm³/mol. The van der Waals surface area contributed by atoms with Gasteiger partial charge in [0.05, 0.1) is 17.8 Å². The number of aldehydes is 1. The van der Waals surface area contributed by atoms with Crippen LogP contribution in [0.15, 0.2) is 6.07 Å². The first-order valence-corrected chi connectivity index (χ1v) is 11.0. The number of halogens is 1. The van der Waals surface area contributed by atoms with Crippen molar-refractivity contribution in [1.29, 1.82) is 0 Å². The molecule has 1 aromatic carbocycles. The van der Waals surface area contributed by atoms with Crippen molar-refractivity contribution in [3.8, 4) is 0 Å². The first-order valence-electron chi connectivity index (χ1n) is 11.0. The second kappa shape index (κ2) is 10.4. The highest BCUT2D eigenvalue weighted by Crippen LogP contribution is 2.37. The van der Waals surface area contributed by atoms with Gasteiger partial charge in [0.15, 0.2) is 12.1 Å². The molecule has 9 heteroatoms. The molecule has 1 unspecified atom stereocenters. The van der Waals surface area contributed by atoms with Crippen LogP contribution in [-0.4, -0.2) is 69.7 Å². The van der Waals surface area contributed by atoms with Gasteiger partial charge in [-0.05, 0) is 37.8 Å². The van der Waals surface area contributed by atoms with Crippen LogP contribution in [0.1, 0.15) is 47.2 Å². The zero-order valence-electron chi connectivity index (χ0n) is 19.2. The van der Waals surface area contributed by atoms with E-state index >= 15 is 4.39 Å². The Labute approximate surface area is 188 Å². The third-order valence-corrected chi connectivity index (χ3v) is 6.56. The van der Waals surface area contributed by atoms with Gasteiger partial charge in [-0.1, -0.05) is 0 Å². The van der Waals surface area contributed by atoms with Crippen LogP contribution in [0.4, 0.5) is 10.1 Å². The number of benzene rings is 1. The number of piperidine rings is 1. The molecular weight excluding hydrogens is 417 g/mol. The Morgan fingerprint density at radius 2 is 1.97 bits per heavy atom. The van der Waals surface area contributed by atoms with E-state index in [2.05, 4.69) is 5.32 Å². The number of nitrogens with zero attached hydrogens (tertiary/aromatic N) is 2. The van der Waals surface area contributed by atoms with Crippen molar-refractivity contribution in [1.82, 2.24) is 10.2 Å². The number of hydrogen-bond donors (Lipinski definition) is 1. The molecule has 8 nitrogen and oxygen atoms in total. The average molecular weight is 450 g/mol. The molecule has 0 aromatic heterocycles. The lowest BCUT2D eigenvalue weighted by Gasteiger charge is -2.36. The van der Waals surface area contributed by atoms with Crippen molar-refractivity contribution < 1.29 is 28.2 Å². The molecule has 1 atom stereocenters. The maximum atomic E-state index is 15.6. The van der Waals surface area contributed by atoms with Gasteiger partial charge in [-0.25, -0.2) is 4.39 Å². The quantitative estimate of drug-likeness (QED) is 0.458. The van der Waals surface area contributed by atoms with Crippen LogP contribution >= 0.6 is 0 Å². The maximum absolute atomic E-state index is 15.6. The Bertz CT molecular complexity index is 866. The molecule has 1 N–H and O–H groups in total. The molecule has 2 heterocycles. The molecule has 2 amide bonds. The number of methoxy groups -OCH3 is 2. The van der Waals surface area contributed by atoms with Crippen LogP contribution in [0.3, 0.4) is 0 Å². The van der Waals surface area contributed by atoms with Gasteiger partial charge in [0.1, 0.15) is 12.3 Å². The lowest BCUT2D eigenvalue weighted by Crippen LogP contribution is -2.46. The fourth-order valence-electron chi connectivity index (χ4n) is 4.87. The van der Waals surface area contributed by atoms with Gasteiger partial charge < -0.3 is 29.4 Å². The molecule has 0 spiro atoms. The summed E-state index contributed by atoms with van der Waals surface area (Å²) in [4.78, 5) is 39.7. The van der Waals surface area contributed by atoms with E-state index in [-0.39, 0.29) is 43.4 Å². The first kappa shape index (κ1) is 24.1. The van der Waals surface area contributed by atoms with Crippen LogP contribution in [0.2, 0.25) is 0 Å². The van der Waals surface area contributed by atoms with E-state index in [9.17, 15) is 14.4 Å². The third-order valence-electron chi connectivity index (χ3n) is 6.56. The number of ether oxygens (including phenoxy) is 2. The number of nitrogens with one attached hydrogen (secondary N) is 1. The summed E-state index contributed by atoms with van der Waals surface area (Å²) in [5.41, 5.74) is 1.80. The Morgan fingerprint density at radius 3 is 2.53 bits per heavy atom. The Balaban J connectivity index is 1.84. The molecule has 2 aliphatic heterocycles. The number of amides is 2. The molecule has 1 fully saturated rings. The molecule has 2 aliphatic rings. The SMILES string of the molecule is CNC(=O)C(CCC=O)N1Cc2c(F)c(N3CCC(C(OC)OC)CC3)cc(C)c2C1=O. The van der Waals surface area contributed by atoms with Crippen molar-refractivity contribution in [2.45, 2.75) is 51.5 Å². The minimum atomic E-state index is -0.817. The standard InChI is InChI=1S/C23H32FN3O5/c1-14-12-18(26-9-7-15(8-10-26)23(31-3)32-4)20(24)16-13-27(22(30)19(14)16)17(6-5-11-28)21(29)25-2/h11-12,15,17,23H,5-10,13H2,1-4H3,(H,25,29). The van der Waals surface area contributed by atoms with Crippen molar-refractivity contribution in [3.63, 3.8) is 0 Å². The number of carbonyl (C=O) groups is 3. The molecule has 1 aromatic rings. The molecule has 0 bridgehead atoms. The summed E-state index contributed by atoms with van der Waals surface area (Å²) in [5.74, 6) is -0.910. The van der Waals surface area contributed by atoms with Crippen molar-refractivity contribution in [2.24, 2.45) is 5.92 Å². The van der Waals surface area contributed by atoms with E-state index in [0.29, 0.717) is 35.5 Å². The number of fused-ring (bicyclic) bond motifs is 1. The van der Waals surface area contributed by atoms with Crippen LogP contribution < -0.4 is 10.2 Å². The van der Waals surface area contributed by atoms with Gasteiger partial charge in [0, 0.05) is 52.3 Å². The van der Waals surface area contributed by atoms with E-state index in [4.69, 9.17) is 9.47 Å². The summed E-state index contributed by atoms with van der Waals surface area (Å²) in [7, 11) is 4.72. The van der Waals surface area contributed by atoms with E-state index in [0.717, 1.165) is 19.1 Å². The number of carbonyl (C=O) groups excluding carboxylic acids is 3. The third kappa shape index (κ3) is 4.49. The molecule has 0 aliphatic carbocycles. The van der Waals surface area contributed by atoms with Crippen LogP contribution in [0.5, 0.6) is 0 Å². The van der Waals surface area contributed by atoms with Gasteiger partial charge in [-0.3, -0.25) is 9.59 Å². The number of rotatable bonds is 9. The highest BCUT2D eigenvalue weighted by Gasteiger charge is 2.40. The Kier molecular flexibility index (Phi) is 7.84. The highest BCUT2D eigenvalue weighted by atomic mass is 19.1. The average Bonchev–Trinajstić information content (AvgIpc) is 3.15. The fraction of sp³-hybridized carbons (Fsp3) is 0.609. The number of hydrogen-bond acceptors (Lipinski definition) is 6. The minimum Gasteiger partial charge on any atom is -0.369 e. The van der Waals surface area contributed by atoms with Crippen LogP contribution in [-0.2, 0) is 25.6 Å². The predicted octanol–water partition coefficient (Wildman–Crippen LogP) is 2.02. The fourth-order valence-corrected chi connectivity index (χ4v) is 4.87. The van der Waals surface area contributed by atoms with Gasteiger partial charge in [-0.2, -0.15) is 0 Å². The van der Waals surface area contributed by atoms with Crippen molar-refractivity contribution >= 4 is 23.8 Å². The van der Waals surface area contributed by atoms with Gasteiger partial charge >= 0.3 is 0 Å². The lowest BCUT2D eigenvalue weighted by molar-refractivity contribution is -0.141. The minimum absolute atomic E-state index is 0.0114. The maximum Gasteiger partial charge on any atom is 0.255 e. The topological polar surface area (TPSA) is 88.2 Å². The second-order valence-corrected chi connectivity index (χ2v) is 8.35. The van der Waals surface area contributed by atoms with Gasteiger partial charge in [-0.15, -0.1) is 0 Å². The normalized spacial score (nSPS) is 17.6. The first-order chi connectivity index (χ1) is 15.4. The smallest absolute Gasteiger partial charge is 0.255 e. The largest absolute Gasteiger partial charge is 0.369 e. The summed E-state index contributed by atoms with van der Waals surface area (Å²) in [5, 5.41) is 2.54. The summed E-state index contributed by atoms with van der Waals surface area (Å²) in [6.07, 6.45) is 2.39. The van der Waals surface area contributed by atoms with Crippen LogP contribution in [0.25, 0.3) is 0 Å². The molecule has 176 valence electrons. The summed E-state index contributed by atoms with van der Waals surface area (Å²) in [6, 6.07) is 0.906. The van der Waals surface area contributed by atoms with Crippen molar-refractivity contribution in [3.05, 3.63) is 28.6 Å². The number of aryl methyl sites for hydroxylation is 1. The molecule has 0 radical (unpaired) electrons. The molecule has 3 rings (SSSR count). The lowest BCUT2D eigenvalue weighted by atomic mass is 9.94. The van der Waals surface area contributed by atoms with E-state index < -0.39 is 11.9 Å². The number of anilines is 1. The summed E-state index contributed by atoms with van der Waals surface area (Å²) in [6.45, 7) is 3.11. The molecular formula is C23H32FN3O5. The van der Waals surface area contributed by atoms with Crippen LogP contribution in [0, 0.1) is 18.7 Å². The van der Waals surface area contributed by atoms with E-state index in [1.165, 1.54) is 11.9 Å². The zero-order chi connectivity index (χ0) is 23.4. The summed E-state index contributed by atoms with van der Waals surface area (Å²) < 4.78 is 26.4. The van der Waals surface area contributed by atoms with Gasteiger partial charge in [0.25, 0.3) is 5.91 Å². The molecule has 1 saturated heterocycles.